The molecule has 7 heteroatoms. The van der Waals surface area contributed by atoms with E-state index in [1.54, 1.807) is 38.6 Å². The van der Waals surface area contributed by atoms with Gasteiger partial charge in [0.15, 0.2) is 23.1 Å². The van der Waals surface area contributed by atoms with Crippen LogP contribution < -0.4 is 19.1 Å². The van der Waals surface area contributed by atoms with Crippen LogP contribution >= 0.6 is 0 Å². The summed E-state index contributed by atoms with van der Waals surface area (Å²) in [6.45, 7) is 3.72. The number of likely N-dealkylation sites (N-methyl/N-ethyl adjacent to an activating group) is 1. The molecule has 2 aliphatic rings. The summed E-state index contributed by atoms with van der Waals surface area (Å²) >= 11 is 0. The number of hydrogen-bond donors (Lipinski definition) is 0. The van der Waals surface area contributed by atoms with Crippen molar-refractivity contribution in [2.45, 2.75) is 6.42 Å². The third kappa shape index (κ3) is 4.26. The van der Waals surface area contributed by atoms with Gasteiger partial charge < -0.3 is 24.0 Å². The minimum Gasteiger partial charge on any atom is -0.493 e. The van der Waals surface area contributed by atoms with Crippen LogP contribution in [0.5, 0.6) is 17.2 Å². The average molecular weight is 411 g/mol. The van der Waals surface area contributed by atoms with Gasteiger partial charge in [0.05, 0.1) is 19.9 Å². The van der Waals surface area contributed by atoms with Gasteiger partial charge in [-0.05, 0) is 36.9 Å². The van der Waals surface area contributed by atoms with E-state index in [4.69, 9.17) is 14.2 Å². The second-order valence-corrected chi connectivity index (χ2v) is 7.43. The standard InChI is InChI=1S/C23H26FN3O3/c1-26-8-10-27(11-9-26)17-4-5-21(19(24)14-17)30-18-6-7-25-20-15-23(29-3)22(28-2)13-16(20)12-18/h4-7,13-15H,8-12H2,1-3H3. The van der Waals surface area contributed by atoms with Crippen LogP contribution in [0.15, 0.2) is 47.2 Å². The van der Waals surface area contributed by atoms with Crippen molar-refractivity contribution in [3.05, 3.63) is 53.5 Å². The summed E-state index contributed by atoms with van der Waals surface area (Å²) in [6.07, 6.45) is 3.88. The smallest absolute Gasteiger partial charge is 0.167 e. The number of methoxy groups -OCH3 is 2. The fraction of sp³-hybridized carbons (Fsp3) is 0.348. The van der Waals surface area contributed by atoms with Crippen molar-refractivity contribution in [3.63, 3.8) is 0 Å². The Hall–Kier alpha value is -3.06. The van der Waals surface area contributed by atoms with Gasteiger partial charge in [-0.1, -0.05) is 0 Å². The van der Waals surface area contributed by atoms with Crippen molar-refractivity contribution in [2.24, 2.45) is 4.99 Å². The number of aliphatic imine (C=N–C) groups is 1. The van der Waals surface area contributed by atoms with Crippen LogP contribution in [0.3, 0.4) is 0 Å². The van der Waals surface area contributed by atoms with Crippen molar-refractivity contribution in [1.82, 2.24) is 4.90 Å². The SMILES string of the molecule is COc1cc2c(cc1OC)N=CC=C(Oc1ccc(N3CCN(C)CC3)cc1F)C2. The molecule has 0 aromatic heterocycles. The maximum absolute atomic E-state index is 14.8. The van der Waals surface area contributed by atoms with Crippen LogP contribution in [0, 0.1) is 5.82 Å². The van der Waals surface area contributed by atoms with E-state index in [-0.39, 0.29) is 11.6 Å². The average Bonchev–Trinajstić information content (AvgIpc) is 2.95. The number of ether oxygens (including phenoxy) is 3. The third-order valence-corrected chi connectivity index (χ3v) is 5.45. The summed E-state index contributed by atoms with van der Waals surface area (Å²) in [5, 5.41) is 0. The van der Waals surface area contributed by atoms with Crippen LogP contribution in [0.25, 0.3) is 0 Å². The fourth-order valence-electron chi connectivity index (χ4n) is 3.66. The number of benzene rings is 2. The molecule has 4 rings (SSSR count). The van der Waals surface area contributed by atoms with Gasteiger partial charge in [0.1, 0.15) is 5.76 Å². The van der Waals surface area contributed by atoms with E-state index in [1.165, 1.54) is 0 Å². The lowest BCUT2D eigenvalue weighted by molar-refractivity contribution is 0.312. The zero-order valence-corrected chi connectivity index (χ0v) is 17.5. The molecular formula is C23H26FN3O3. The highest BCUT2D eigenvalue weighted by Gasteiger charge is 2.18. The number of halogens is 1. The Labute approximate surface area is 176 Å². The first-order chi connectivity index (χ1) is 14.6. The molecule has 0 unspecified atom stereocenters. The van der Waals surface area contributed by atoms with Gasteiger partial charge in [0.25, 0.3) is 0 Å². The summed E-state index contributed by atoms with van der Waals surface area (Å²) in [5.74, 6) is 1.67. The highest BCUT2D eigenvalue weighted by atomic mass is 19.1. The Morgan fingerprint density at radius 3 is 2.37 bits per heavy atom. The van der Waals surface area contributed by atoms with Gasteiger partial charge in [-0.25, -0.2) is 4.39 Å². The molecule has 2 aliphatic heterocycles. The summed E-state index contributed by atoms with van der Waals surface area (Å²) in [7, 11) is 5.28. The van der Waals surface area contributed by atoms with Gasteiger partial charge in [-0.3, -0.25) is 4.99 Å². The highest BCUT2D eigenvalue weighted by molar-refractivity contribution is 5.78. The normalized spacial score (nSPS) is 16.5. The maximum atomic E-state index is 14.8. The lowest BCUT2D eigenvalue weighted by atomic mass is 10.1. The molecule has 0 spiro atoms. The van der Waals surface area contributed by atoms with E-state index >= 15 is 0 Å². The monoisotopic (exact) mass is 411 g/mol. The second-order valence-electron chi connectivity index (χ2n) is 7.43. The first-order valence-corrected chi connectivity index (χ1v) is 9.96. The maximum Gasteiger partial charge on any atom is 0.167 e. The molecule has 1 fully saturated rings. The second kappa shape index (κ2) is 8.75. The summed E-state index contributed by atoms with van der Waals surface area (Å²) in [6, 6.07) is 8.86. The van der Waals surface area contributed by atoms with Crippen LogP contribution in [-0.2, 0) is 6.42 Å². The van der Waals surface area contributed by atoms with E-state index < -0.39 is 0 Å². The summed E-state index contributed by atoms with van der Waals surface area (Å²) in [4.78, 5) is 8.91. The molecule has 6 nitrogen and oxygen atoms in total. The summed E-state index contributed by atoms with van der Waals surface area (Å²) in [5.41, 5.74) is 2.57. The van der Waals surface area contributed by atoms with Gasteiger partial charge in [0.2, 0.25) is 0 Å². The summed E-state index contributed by atoms with van der Waals surface area (Å²) < 4.78 is 31.4. The Balaban J connectivity index is 1.51. The fourth-order valence-corrected chi connectivity index (χ4v) is 3.66. The molecule has 0 atom stereocenters. The highest BCUT2D eigenvalue weighted by Crippen LogP contribution is 2.37. The first kappa shape index (κ1) is 20.2. The van der Waals surface area contributed by atoms with Gasteiger partial charge >= 0.3 is 0 Å². The molecule has 0 amide bonds. The van der Waals surface area contributed by atoms with E-state index in [0.717, 1.165) is 43.1 Å². The number of fused-ring (bicyclic) bond motifs is 1. The van der Waals surface area contributed by atoms with Crippen LogP contribution in [0.2, 0.25) is 0 Å². The van der Waals surface area contributed by atoms with Gasteiger partial charge in [-0.2, -0.15) is 0 Å². The number of rotatable bonds is 5. The number of hydrogen-bond acceptors (Lipinski definition) is 6. The van der Waals surface area contributed by atoms with E-state index in [9.17, 15) is 4.39 Å². The molecule has 0 N–H and O–H groups in total. The van der Waals surface area contributed by atoms with E-state index in [1.807, 2.05) is 18.2 Å². The minimum absolute atomic E-state index is 0.205. The minimum atomic E-state index is -0.374. The van der Waals surface area contributed by atoms with Crippen molar-refractivity contribution in [2.75, 3.05) is 52.3 Å². The molecule has 2 aromatic rings. The first-order valence-electron chi connectivity index (χ1n) is 9.96. The zero-order valence-electron chi connectivity index (χ0n) is 17.5. The molecule has 0 radical (unpaired) electrons. The number of anilines is 1. The largest absolute Gasteiger partial charge is 0.493 e. The van der Waals surface area contributed by atoms with Crippen LogP contribution in [0.4, 0.5) is 15.8 Å². The molecule has 0 bridgehead atoms. The topological polar surface area (TPSA) is 46.5 Å². The molecular weight excluding hydrogens is 385 g/mol. The Morgan fingerprint density at radius 2 is 1.67 bits per heavy atom. The Bertz CT molecular complexity index is 982. The van der Waals surface area contributed by atoms with Crippen LogP contribution in [0.1, 0.15) is 5.56 Å². The lowest BCUT2D eigenvalue weighted by Gasteiger charge is -2.34. The lowest BCUT2D eigenvalue weighted by Crippen LogP contribution is -2.44. The van der Waals surface area contributed by atoms with Crippen molar-refractivity contribution >= 4 is 17.6 Å². The molecule has 2 heterocycles. The van der Waals surface area contributed by atoms with Crippen LogP contribution in [-0.4, -0.2) is 58.6 Å². The van der Waals surface area contributed by atoms with Crippen molar-refractivity contribution < 1.29 is 18.6 Å². The Morgan fingerprint density at radius 1 is 0.933 bits per heavy atom. The molecule has 158 valence electrons. The quantitative estimate of drug-likeness (QED) is 0.749. The van der Waals surface area contributed by atoms with E-state index in [2.05, 4.69) is 21.8 Å². The van der Waals surface area contributed by atoms with Crippen molar-refractivity contribution in [1.29, 1.82) is 0 Å². The van der Waals surface area contributed by atoms with Gasteiger partial charge in [-0.15, -0.1) is 0 Å². The zero-order chi connectivity index (χ0) is 21.1. The number of nitrogens with zero attached hydrogens (tertiary/aromatic N) is 3. The van der Waals surface area contributed by atoms with E-state index in [0.29, 0.717) is 23.7 Å². The molecule has 2 aromatic carbocycles. The predicted octanol–water partition coefficient (Wildman–Crippen LogP) is 3.82. The Kier molecular flexibility index (Phi) is 5.90. The molecule has 30 heavy (non-hydrogen) atoms. The molecule has 0 aliphatic carbocycles. The third-order valence-electron chi connectivity index (χ3n) is 5.45. The van der Waals surface area contributed by atoms with Crippen molar-refractivity contribution in [3.8, 4) is 17.2 Å². The molecule has 1 saturated heterocycles. The number of piperazine rings is 1. The van der Waals surface area contributed by atoms with Gasteiger partial charge in [0, 0.05) is 56.6 Å². The predicted molar refractivity (Wildman–Crippen MR) is 116 cm³/mol. The number of allylic oxidation sites excluding steroid dienone is 2. The molecule has 0 saturated carbocycles.